The summed E-state index contributed by atoms with van der Waals surface area (Å²) in [5.41, 5.74) is 0.476. The number of methoxy groups -OCH3 is 1. The number of aryl methyl sites for hydroxylation is 1. The van der Waals surface area contributed by atoms with Gasteiger partial charge in [-0.05, 0) is 15.9 Å². The molecule has 1 saturated heterocycles. The van der Waals surface area contributed by atoms with Crippen LogP contribution in [0.3, 0.4) is 0 Å². The summed E-state index contributed by atoms with van der Waals surface area (Å²) in [5.74, 6) is -0.0670. The van der Waals surface area contributed by atoms with Crippen LogP contribution in [0.2, 0.25) is 0 Å². The van der Waals surface area contributed by atoms with Gasteiger partial charge in [-0.1, -0.05) is 5.21 Å². The normalized spacial score (nSPS) is 16.6. The van der Waals surface area contributed by atoms with Gasteiger partial charge in [0.05, 0.1) is 6.10 Å². The van der Waals surface area contributed by atoms with E-state index in [1.807, 2.05) is 0 Å². The number of carbonyl (C=O) groups is 1. The van der Waals surface area contributed by atoms with Gasteiger partial charge < -0.3 is 9.64 Å². The third kappa shape index (κ3) is 1.76. The maximum absolute atomic E-state index is 11.9. The van der Waals surface area contributed by atoms with Gasteiger partial charge in [-0.2, -0.15) is 0 Å². The third-order valence-corrected chi connectivity index (χ3v) is 2.99. The topological polar surface area (TPSA) is 60.2 Å². The summed E-state index contributed by atoms with van der Waals surface area (Å²) in [6.07, 6.45) is 0.161. The number of rotatable bonds is 2. The molecule has 15 heavy (non-hydrogen) atoms. The van der Waals surface area contributed by atoms with Gasteiger partial charge in [-0.15, -0.1) is 5.10 Å². The fourth-order valence-corrected chi connectivity index (χ4v) is 1.96. The number of nitrogens with zero attached hydrogens (tertiary/aromatic N) is 4. The molecular weight excluding hydrogens is 264 g/mol. The molecular formula is C8H11BrN4O2. The van der Waals surface area contributed by atoms with E-state index in [-0.39, 0.29) is 12.0 Å². The van der Waals surface area contributed by atoms with Crippen LogP contribution < -0.4 is 0 Å². The molecule has 0 saturated carbocycles. The SMILES string of the molecule is COC1CN(C(=O)c2c(Br)nnn2C)C1. The highest BCUT2D eigenvalue weighted by molar-refractivity contribution is 9.10. The van der Waals surface area contributed by atoms with Crippen molar-refractivity contribution in [1.29, 1.82) is 0 Å². The van der Waals surface area contributed by atoms with E-state index in [0.29, 0.717) is 23.4 Å². The Kier molecular flexibility index (Phi) is 2.74. The fourth-order valence-electron chi connectivity index (χ4n) is 1.46. The number of likely N-dealkylation sites (tertiary alicyclic amines) is 1. The van der Waals surface area contributed by atoms with Crippen molar-refractivity contribution in [3.63, 3.8) is 0 Å². The molecule has 0 spiro atoms. The van der Waals surface area contributed by atoms with Crippen molar-refractivity contribution in [1.82, 2.24) is 19.9 Å². The number of carbonyl (C=O) groups excluding carboxylic acids is 1. The van der Waals surface area contributed by atoms with Crippen molar-refractivity contribution in [2.75, 3.05) is 20.2 Å². The van der Waals surface area contributed by atoms with Crippen LogP contribution in [0, 0.1) is 0 Å². The summed E-state index contributed by atoms with van der Waals surface area (Å²) in [6, 6.07) is 0. The quantitative estimate of drug-likeness (QED) is 0.765. The van der Waals surface area contributed by atoms with Gasteiger partial charge in [0.2, 0.25) is 0 Å². The van der Waals surface area contributed by atoms with Crippen LogP contribution in [0.1, 0.15) is 10.5 Å². The van der Waals surface area contributed by atoms with Gasteiger partial charge in [0.15, 0.2) is 10.3 Å². The molecule has 0 aromatic carbocycles. The first-order valence-electron chi connectivity index (χ1n) is 4.50. The van der Waals surface area contributed by atoms with Crippen LogP contribution >= 0.6 is 15.9 Å². The Labute approximate surface area is 95.3 Å². The number of amides is 1. The summed E-state index contributed by atoms with van der Waals surface area (Å²) in [6.45, 7) is 1.26. The van der Waals surface area contributed by atoms with E-state index >= 15 is 0 Å². The van der Waals surface area contributed by atoms with Crippen LogP contribution in [0.15, 0.2) is 4.60 Å². The van der Waals surface area contributed by atoms with Gasteiger partial charge >= 0.3 is 0 Å². The first kappa shape index (κ1) is 10.6. The van der Waals surface area contributed by atoms with Gasteiger partial charge in [0.25, 0.3) is 5.91 Å². The Morgan fingerprint density at radius 2 is 2.27 bits per heavy atom. The Morgan fingerprint density at radius 3 is 2.73 bits per heavy atom. The van der Waals surface area contributed by atoms with E-state index in [0.717, 1.165) is 0 Å². The number of halogens is 1. The molecule has 1 aliphatic heterocycles. The first-order valence-corrected chi connectivity index (χ1v) is 5.30. The molecule has 0 bridgehead atoms. The molecule has 0 N–H and O–H groups in total. The molecule has 6 nitrogen and oxygen atoms in total. The number of aromatic nitrogens is 3. The van der Waals surface area contributed by atoms with Crippen molar-refractivity contribution in [3.05, 3.63) is 10.3 Å². The molecule has 1 aromatic heterocycles. The minimum atomic E-state index is -0.0670. The summed E-state index contributed by atoms with van der Waals surface area (Å²) in [4.78, 5) is 13.6. The maximum atomic E-state index is 11.9. The zero-order chi connectivity index (χ0) is 11.0. The molecule has 2 rings (SSSR count). The monoisotopic (exact) mass is 274 g/mol. The van der Waals surface area contributed by atoms with Crippen molar-refractivity contribution in [3.8, 4) is 0 Å². The lowest BCUT2D eigenvalue weighted by atomic mass is 10.1. The molecule has 2 heterocycles. The summed E-state index contributed by atoms with van der Waals surface area (Å²) < 4.78 is 7.05. The summed E-state index contributed by atoms with van der Waals surface area (Å²) in [7, 11) is 3.34. The van der Waals surface area contributed by atoms with Gasteiger partial charge in [0, 0.05) is 27.2 Å². The highest BCUT2D eigenvalue weighted by Crippen LogP contribution is 2.19. The lowest BCUT2D eigenvalue weighted by molar-refractivity contribution is -0.0197. The van der Waals surface area contributed by atoms with Crippen molar-refractivity contribution in [2.45, 2.75) is 6.10 Å². The first-order chi connectivity index (χ1) is 7.13. The minimum absolute atomic E-state index is 0.0670. The van der Waals surface area contributed by atoms with Crippen LogP contribution in [-0.4, -0.2) is 52.1 Å². The van der Waals surface area contributed by atoms with Crippen molar-refractivity contribution in [2.24, 2.45) is 7.05 Å². The Bertz CT molecular complexity index is 366. The summed E-state index contributed by atoms with van der Waals surface area (Å²) >= 11 is 3.20. The van der Waals surface area contributed by atoms with E-state index in [1.165, 1.54) is 4.68 Å². The van der Waals surface area contributed by atoms with E-state index in [1.54, 1.807) is 19.1 Å². The van der Waals surface area contributed by atoms with E-state index < -0.39 is 0 Å². The van der Waals surface area contributed by atoms with Gasteiger partial charge in [-0.25, -0.2) is 4.68 Å². The van der Waals surface area contributed by atoms with Crippen LogP contribution in [0.5, 0.6) is 0 Å². The van der Waals surface area contributed by atoms with Crippen LogP contribution in [-0.2, 0) is 11.8 Å². The average Bonchev–Trinajstić information content (AvgIpc) is 2.44. The molecule has 0 radical (unpaired) electrons. The van der Waals surface area contributed by atoms with Gasteiger partial charge in [-0.3, -0.25) is 4.79 Å². The fraction of sp³-hybridized carbons (Fsp3) is 0.625. The Morgan fingerprint density at radius 1 is 1.60 bits per heavy atom. The predicted molar refractivity (Wildman–Crippen MR) is 55.4 cm³/mol. The molecule has 1 aliphatic rings. The molecule has 7 heteroatoms. The molecule has 0 atom stereocenters. The molecule has 0 aliphatic carbocycles. The Balaban J connectivity index is 2.10. The second kappa shape index (κ2) is 3.90. The zero-order valence-electron chi connectivity index (χ0n) is 8.47. The van der Waals surface area contributed by atoms with Crippen molar-refractivity contribution >= 4 is 21.8 Å². The zero-order valence-corrected chi connectivity index (χ0v) is 10.1. The smallest absolute Gasteiger partial charge is 0.275 e. The maximum Gasteiger partial charge on any atom is 0.275 e. The second-order valence-corrected chi connectivity index (χ2v) is 4.17. The molecule has 82 valence electrons. The van der Waals surface area contributed by atoms with Gasteiger partial charge in [0.1, 0.15) is 0 Å². The van der Waals surface area contributed by atoms with Crippen LogP contribution in [0.25, 0.3) is 0 Å². The highest BCUT2D eigenvalue weighted by atomic mass is 79.9. The van der Waals surface area contributed by atoms with E-state index in [2.05, 4.69) is 26.2 Å². The lowest BCUT2D eigenvalue weighted by Crippen LogP contribution is -2.54. The number of hydrogen-bond acceptors (Lipinski definition) is 4. The number of hydrogen-bond donors (Lipinski definition) is 0. The molecule has 1 fully saturated rings. The Hall–Kier alpha value is -0.950. The third-order valence-electron chi connectivity index (χ3n) is 2.46. The minimum Gasteiger partial charge on any atom is -0.378 e. The largest absolute Gasteiger partial charge is 0.378 e. The van der Waals surface area contributed by atoms with E-state index in [9.17, 15) is 4.79 Å². The molecule has 1 aromatic rings. The second-order valence-electron chi connectivity index (χ2n) is 3.42. The highest BCUT2D eigenvalue weighted by Gasteiger charge is 2.33. The molecule has 1 amide bonds. The van der Waals surface area contributed by atoms with Crippen molar-refractivity contribution < 1.29 is 9.53 Å². The standard InChI is InChI=1S/C8H11BrN4O2/c1-12-6(7(9)10-11-12)8(14)13-3-5(4-13)15-2/h5H,3-4H2,1-2H3. The average molecular weight is 275 g/mol. The predicted octanol–water partition coefficient (Wildman–Crippen LogP) is 0.0484. The number of ether oxygens (including phenoxy) is 1. The van der Waals surface area contributed by atoms with E-state index in [4.69, 9.17) is 4.74 Å². The van der Waals surface area contributed by atoms with Crippen LogP contribution in [0.4, 0.5) is 0 Å². The summed E-state index contributed by atoms with van der Waals surface area (Å²) in [5, 5.41) is 7.53. The lowest BCUT2D eigenvalue weighted by Gasteiger charge is -2.37. The molecule has 0 unspecified atom stereocenters.